The third-order valence-electron chi connectivity index (χ3n) is 4.39. The van der Waals surface area contributed by atoms with Gasteiger partial charge in [-0.15, -0.1) is 0 Å². The molecule has 0 radical (unpaired) electrons. The standard InChI is InChI=1S/C24H33NO6S/c1-19(2)18-29-15-4-6-24(26)25-21-9-11-22(12-10-21)30-16-5-17-31-32(27,28)23-13-7-20(3)8-14-23/h7-14,19H,4-6,15-18H2,1-3H3,(H,25,26). The molecular formula is C24H33NO6S. The monoisotopic (exact) mass is 463 g/mol. The van der Waals surface area contributed by atoms with E-state index in [9.17, 15) is 13.2 Å². The Kier molecular flexibility index (Phi) is 10.7. The molecule has 1 N–H and O–H groups in total. The number of carbonyl (C=O) groups is 1. The number of amides is 1. The lowest BCUT2D eigenvalue weighted by molar-refractivity contribution is -0.116. The molecule has 2 aromatic carbocycles. The highest BCUT2D eigenvalue weighted by molar-refractivity contribution is 7.86. The van der Waals surface area contributed by atoms with Gasteiger partial charge in [0.15, 0.2) is 0 Å². The van der Waals surface area contributed by atoms with Gasteiger partial charge >= 0.3 is 0 Å². The fourth-order valence-corrected chi connectivity index (χ4v) is 3.65. The molecule has 176 valence electrons. The van der Waals surface area contributed by atoms with E-state index < -0.39 is 10.1 Å². The average Bonchev–Trinajstić information content (AvgIpc) is 2.74. The summed E-state index contributed by atoms with van der Waals surface area (Å²) < 4.78 is 40.4. The summed E-state index contributed by atoms with van der Waals surface area (Å²) in [4.78, 5) is 12.1. The highest BCUT2D eigenvalue weighted by atomic mass is 32.2. The van der Waals surface area contributed by atoms with Gasteiger partial charge in [0.25, 0.3) is 10.1 Å². The van der Waals surface area contributed by atoms with Crippen LogP contribution in [0.5, 0.6) is 5.75 Å². The SMILES string of the molecule is Cc1ccc(S(=O)(=O)OCCCOc2ccc(NC(=O)CCCOCC(C)C)cc2)cc1. The first-order chi connectivity index (χ1) is 15.3. The molecular weight excluding hydrogens is 430 g/mol. The largest absolute Gasteiger partial charge is 0.494 e. The first kappa shape index (κ1) is 25.8. The summed E-state index contributed by atoms with van der Waals surface area (Å²) in [5.41, 5.74) is 1.67. The molecule has 0 aromatic heterocycles. The van der Waals surface area contributed by atoms with Gasteiger partial charge < -0.3 is 14.8 Å². The zero-order chi connectivity index (χ0) is 23.4. The maximum Gasteiger partial charge on any atom is 0.296 e. The lowest BCUT2D eigenvalue weighted by Gasteiger charge is -2.09. The minimum Gasteiger partial charge on any atom is -0.494 e. The van der Waals surface area contributed by atoms with E-state index in [0.717, 1.165) is 5.56 Å². The van der Waals surface area contributed by atoms with E-state index in [1.165, 1.54) is 12.1 Å². The fourth-order valence-electron chi connectivity index (χ4n) is 2.70. The summed E-state index contributed by atoms with van der Waals surface area (Å²) in [6.07, 6.45) is 1.51. The Labute approximate surface area is 191 Å². The van der Waals surface area contributed by atoms with Gasteiger partial charge in [-0.2, -0.15) is 8.42 Å². The zero-order valence-corrected chi connectivity index (χ0v) is 19.8. The van der Waals surface area contributed by atoms with Crippen LogP contribution in [0.15, 0.2) is 53.4 Å². The van der Waals surface area contributed by atoms with Gasteiger partial charge in [0.1, 0.15) is 5.75 Å². The van der Waals surface area contributed by atoms with Crippen LogP contribution in [-0.4, -0.2) is 40.8 Å². The molecule has 2 aromatic rings. The molecule has 7 nitrogen and oxygen atoms in total. The van der Waals surface area contributed by atoms with Crippen molar-refractivity contribution in [3.63, 3.8) is 0 Å². The third-order valence-corrected chi connectivity index (χ3v) is 5.71. The molecule has 0 heterocycles. The van der Waals surface area contributed by atoms with E-state index in [4.69, 9.17) is 13.7 Å². The number of ether oxygens (including phenoxy) is 2. The summed E-state index contributed by atoms with van der Waals surface area (Å²) in [6.45, 7) is 7.69. The van der Waals surface area contributed by atoms with Crippen molar-refractivity contribution >= 4 is 21.7 Å². The first-order valence-electron chi connectivity index (χ1n) is 10.8. The maximum atomic E-state index is 12.1. The van der Waals surface area contributed by atoms with E-state index in [1.54, 1.807) is 36.4 Å². The predicted molar refractivity (Wildman–Crippen MR) is 124 cm³/mol. The molecule has 0 aliphatic rings. The smallest absolute Gasteiger partial charge is 0.296 e. The van der Waals surface area contributed by atoms with Crippen molar-refractivity contribution in [2.45, 2.75) is 44.9 Å². The third kappa shape index (κ3) is 9.80. The molecule has 8 heteroatoms. The van der Waals surface area contributed by atoms with Gasteiger partial charge in [-0.25, -0.2) is 0 Å². The Bertz CT molecular complexity index is 924. The van der Waals surface area contributed by atoms with Crippen molar-refractivity contribution in [1.82, 2.24) is 0 Å². The van der Waals surface area contributed by atoms with Crippen LogP contribution in [0.25, 0.3) is 0 Å². The van der Waals surface area contributed by atoms with Gasteiger partial charge in [-0.05, 0) is 55.7 Å². The summed E-state index contributed by atoms with van der Waals surface area (Å²) in [5.74, 6) is 1.06. The van der Waals surface area contributed by atoms with Crippen LogP contribution in [-0.2, 0) is 23.8 Å². The average molecular weight is 464 g/mol. The summed E-state index contributed by atoms with van der Waals surface area (Å²) in [7, 11) is -3.76. The van der Waals surface area contributed by atoms with Crippen molar-refractivity contribution in [1.29, 1.82) is 0 Å². The Balaban J connectivity index is 1.63. The summed E-state index contributed by atoms with van der Waals surface area (Å²) in [6, 6.07) is 13.6. The number of anilines is 1. The number of carbonyl (C=O) groups excluding carboxylic acids is 1. The maximum absolute atomic E-state index is 12.1. The second-order valence-corrected chi connectivity index (χ2v) is 9.55. The number of hydrogen-bond acceptors (Lipinski definition) is 6. The Morgan fingerprint density at radius 2 is 1.62 bits per heavy atom. The topological polar surface area (TPSA) is 90.9 Å². The quantitative estimate of drug-likeness (QED) is 0.326. The van der Waals surface area contributed by atoms with E-state index in [0.29, 0.717) is 56.4 Å². The highest BCUT2D eigenvalue weighted by Gasteiger charge is 2.14. The Hall–Kier alpha value is -2.42. The van der Waals surface area contributed by atoms with E-state index in [-0.39, 0.29) is 17.4 Å². The van der Waals surface area contributed by atoms with Crippen LogP contribution >= 0.6 is 0 Å². The van der Waals surface area contributed by atoms with Gasteiger partial charge in [-0.1, -0.05) is 31.5 Å². The van der Waals surface area contributed by atoms with Crippen LogP contribution in [0.4, 0.5) is 5.69 Å². The molecule has 0 aliphatic heterocycles. The van der Waals surface area contributed by atoms with Gasteiger partial charge in [0.05, 0.1) is 18.1 Å². The minimum absolute atomic E-state index is 0.0330. The van der Waals surface area contributed by atoms with E-state index in [2.05, 4.69) is 19.2 Å². The normalized spacial score (nSPS) is 11.5. The van der Waals surface area contributed by atoms with Crippen molar-refractivity contribution in [3.05, 3.63) is 54.1 Å². The van der Waals surface area contributed by atoms with Crippen LogP contribution in [0.2, 0.25) is 0 Å². The molecule has 1 amide bonds. The van der Waals surface area contributed by atoms with Gasteiger partial charge in [0, 0.05) is 31.7 Å². The number of rotatable bonds is 14. The Morgan fingerprint density at radius 3 is 2.28 bits per heavy atom. The van der Waals surface area contributed by atoms with E-state index in [1.807, 2.05) is 6.92 Å². The number of hydrogen-bond donors (Lipinski definition) is 1. The number of nitrogens with one attached hydrogen (secondary N) is 1. The first-order valence-corrected chi connectivity index (χ1v) is 12.2. The van der Waals surface area contributed by atoms with Gasteiger partial charge in [0.2, 0.25) is 5.91 Å². The van der Waals surface area contributed by atoms with Crippen molar-refractivity contribution in [3.8, 4) is 5.75 Å². The van der Waals surface area contributed by atoms with Crippen LogP contribution in [0, 0.1) is 12.8 Å². The summed E-state index contributed by atoms with van der Waals surface area (Å²) in [5, 5.41) is 2.84. The minimum atomic E-state index is -3.76. The highest BCUT2D eigenvalue weighted by Crippen LogP contribution is 2.17. The molecule has 0 spiro atoms. The van der Waals surface area contributed by atoms with Crippen LogP contribution in [0.3, 0.4) is 0 Å². The molecule has 0 saturated heterocycles. The molecule has 0 bridgehead atoms. The van der Waals surface area contributed by atoms with Gasteiger partial charge in [-0.3, -0.25) is 8.98 Å². The summed E-state index contributed by atoms with van der Waals surface area (Å²) >= 11 is 0. The number of aryl methyl sites for hydroxylation is 1. The lowest BCUT2D eigenvalue weighted by Crippen LogP contribution is -2.13. The lowest BCUT2D eigenvalue weighted by atomic mass is 10.2. The van der Waals surface area contributed by atoms with E-state index >= 15 is 0 Å². The molecule has 32 heavy (non-hydrogen) atoms. The van der Waals surface area contributed by atoms with Crippen LogP contribution < -0.4 is 10.1 Å². The van der Waals surface area contributed by atoms with Crippen molar-refractivity contribution < 1.29 is 26.9 Å². The molecule has 0 saturated carbocycles. The molecule has 2 rings (SSSR count). The predicted octanol–water partition coefficient (Wildman–Crippen LogP) is 4.56. The molecule has 0 fully saturated rings. The molecule has 0 atom stereocenters. The molecule has 0 unspecified atom stereocenters. The van der Waals surface area contributed by atoms with Crippen molar-refractivity contribution in [2.24, 2.45) is 5.92 Å². The number of benzene rings is 2. The second kappa shape index (κ2) is 13.2. The zero-order valence-electron chi connectivity index (χ0n) is 19.0. The fraction of sp³-hybridized carbons (Fsp3) is 0.458. The Morgan fingerprint density at radius 1 is 0.938 bits per heavy atom. The van der Waals surface area contributed by atoms with Crippen molar-refractivity contribution in [2.75, 3.05) is 31.7 Å². The second-order valence-electron chi connectivity index (χ2n) is 7.94. The molecule has 0 aliphatic carbocycles. The van der Waals surface area contributed by atoms with Crippen LogP contribution in [0.1, 0.15) is 38.7 Å².